The minimum absolute atomic E-state index is 0.0795. The molecule has 1 amide bonds. The fraction of sp³-hybridized carbons (Fsp3) is 0.900. The molecule has 84 valence electrons. The Balaban J connectivity index is 4.06. The van der Waals surface area contributed by atoms with Gasteiger partial charge in [-0.3, -0.25) is 4.79 Å². The van der Waals surface area contributed by atoms with Crippen molar-refractivity contribution in [2.24, 2.45) is 11.7 Å². The number of carbonyl (C=O) groups excluding carboxylic acids is 1. The van der Waals surface area contributed by atoms with Crippen molar-refractivity contribution in [3.63, 3.8) is 0 Å². The normalized spacial score (nSPS) is 13.8. The van der Waals surface area contributed by atoms with E-state index in [4.69, 9.17) is 10.8 Å². The van der Waals surface area contributed by atoms with Crippen LogP contribution in [0.4, 0.5) is 0 Å². The van der Waals surface area contributed by atoms with Crippen molar-refractivity contribution in [3.05, 3.63) is 0 Å². The average Bonchev–Trinajstić information content (AvgIpc) is 2.23. The Hall–Kier alpha value is -0.610. The van der Waals surface area contributed by atoms with Crippen LogP contribution in [-0.2, 0) is 4.79 Å². The van der Waals surface area contributed by atoms with Crippen molar-refractivity contribution in [1.82, 2.24) is 5.32 Å². The molecule has 0 heterocycles. The zero-order chi connectivity index (χ0) is 11.2. The summed E-state index contributed by atoms with van der Waals surface area (Å²) in [5, 5.41) is 11.5. The van der Waals surface area contributed by atoms with Crippen LogP contribution in [0.3, 0.4) is 0 Å². The van der Waals surface area contributed by atoms with Crippen LogP contribution in [0.1, 0.15) is 33.6 Å². The lowest BCUT2D eigenvalue weighted by Gasteiger charge is -2.25. The van der Waals surface area contributed by atoms with E-state index in [2.05, 4.69) is 5.32 Å². The van der Waals surface area contributed by atoms with Gasteiger partial charge in [-0.05, 0) is 18.8 Å². The smallest absolute Gasteiger partial charge is 0.240 e. The number of aliphatic hydroxyl groups is 1. The molecule has 0 aliphatic heterocycles. The Bertz CT molecular complexity index is 179. The molecule has 0 fully saturated rings. The van der Waals surface area contributed by atoms with Crippen LogP contribution in [0.5, 0.6) is 0 Å². The summed E-state index contributed by atoms with van der Waals surface area (Å²) in [7, 11) is 0. The molecule has 0 radical (unpaired) electrons. The first-order valence-electron chi connectivity index (χ1n) is 5.18. The fourth-order valence-electron chi connectivity index (χ4n) is 1.08. The SMILES string of the molecule is CCC(N)(CC)C(=O)NCC(C)CO. The summed E-state index contributed by atoms with van der Waals surface area (Å²) < 4.78 is 0. The molecule has 0 rings (SSSR count). The van der Waals surface area contributed by atoms with Gasteiger partial charge in [-0.2, -0.15) is 0 Å². The molecular weight excluding hydrogens is 180 g/mol. The van der Waals surface area contributed by atoms with E-state index in [1.54, 1.807) is 0 Å². The number of hydrogen-bond donors (Lipinski definition) is 3. The molecule has 0 aromatic carbocycles. The van der Waals surface area contributed by atoms with Gasteiger partial charge >= 0.3 is 0 Å². The van der Waals surface area contributed by atoms with Gasteiger partial charge in [0.15, 0.2) is 0 Å². The molecule has 14 heavy (non-hydrogen) atoms. The van der Waals surface area contributed by atoms with Gasteiger partial charge < -0.3 is 16.2 Å². The van der Waals surface area contributed by atoms with Crippen molar-refractivity contribution in [3.8, 4) is 0 Å². The molecule has 0 saturated heterocycles. The summed E-state index contributed by atoms with van der Waals surface area (Å²) in [5.41, 5.74) is 5.14. The minimum atomic E-state index is -0.755. The molecule has 0 spiro atoms. The largest absolute Gasteiger partial charge is 0.396 e. The van der Waals surface area contributed by atoms with Gasteiger partial charge in [0.05, 0.1) is 5.54 Å². The minimum Gasteiger partial charge on any atom is -0.396 e. The molecule has 0 aromatic rings. The third-order valence-electron chi connectivity index (χ3n) is 2.64. The van der Waals surface area contributed by atoms with Gasteiger partial charge in [-0.15, -0.1) is 0 Å². The maximum absolute atomic E-state index is 11.6. The van der Waals surface area contributed by atoms with Crippen molar-refractivity contribution in [2.75, 3.05) is 13.2 Å². The third-order valence-corrected chi connectivity index (χ3v) is 2.64. The van der Waals surface area contributed by atoms with Crippen molar-refractivity contribution < 1.29 is 9.90 Å². The Morgan fingerprint density at radius 1 is 1.50 bits per heavy atom. The number of nitrogens with two attached hydrogens (primary N) is 1. The van der Waals surface area contributed by atoms with Crippen LogP contribution in [0.25, 0.3) is 0 Å². The second kappa shape index (κ2) is 5.98. The fourth-order valence-corrected chi connectivity index (χ4v) is 1.08. The first-order chi connectivity index (χ1) is 6.50. The van der Waals surface area contributed by atoms with Crippen molar-refractivity contribution in [2.45, 2.75) is 39.2 Å². The van der Waals surface area contributed by atoms with Gasteiger partial charge in [0.1, 0.15) is 0 Å². The number of aliphatic hydroxyl groups excluding tert-OH is 1. The van der Waals surface area contributed by atoms with Crippen LogP contribution < -0.4 is 11.1 Å². The molecule has 1 atom stereocenters. The Labute approximate surface area is 85.9 Å². The van der Waals surface area contributed by atoms with E-state index < -0.39 is 5.54 Å². The first kappa shape index (κ1) is 13.4. The van der Waals surface area contributed by atoms with Gasteiger partial charge in [0.25, 0.3) is 0 Å². The number of hydrogen-bond acceptors (Lipinski definition) is 3. The molecule has 0 bridgehead atoms. The Morgan fingerprint density at radius 2 is 2.00 bits per heavy atom. The molecule has 0 saturated carbocycles. The van der Waals surface area contributed by atoms with E-state index in [9.17, 15) is 4.79 Å². The first-order valence-corrected chi connectivity index (χ1v) is 5.18. The second-order valence-electron chi connectivity index (χ2n) is 3.86. The standard InChI is InChI=1S/C10H22N2O2/c1-4-10(11,5-2)9(14)12-6-8(3)7-13/h8,13H,4-7,11H2,1-3H3,(H,12,14). The zero-order valence-corrected chi connectivity index (χ0v) is 9.34. The van der Waals surface area contributed by atoms with Gasteiger partial charge in [-0.25, -0.2) is 0 Å². The summed E-state index contributed by atoms with van der Waals surface area (Å²) >= 11 is 0. The topological polar surface area (TPSA) is 75.4 Å². The maximum atomic E-state index is 11.6. The molecule has 4 nitrogen and oxygen atoms in total. The molecule has 0 aliphatic rings. The highest BCUT2D eigenvalue weighted by Gasteiger charge is 2.29. The summed E-state index contributed by atoms with van der Waals surface area (Å²) in [5.74, 6) is -0.0419. The lowest BCUT2D eigenvalue weighted by Crippen LogP contribution is -2.53. The predicted molar refractivity (Wildman–Crippen MR) is 56.8 cm³/mol. The van der Waals surface area contributed by atoms with E-state index in [0.29, 0.717) is 19.4 Å². The van der Waals surface area contributed by atoms with Gasteiger partial charge in [-0.1, -0.05) is 20.8 Å². The van der Waals surface area contributed by atoms with Gasteiger partial charge in [0.2, 0.25) is 5.91 Å². The lowest BCUT2D eigenvalue weighted by atomic mass is 9.93. The Morgan fingerprint density at radius 3 is 2.36 bits per heavy atom. The van der Waals surface area contributed by atoms with E-state index in [1.807, 2.05) is 20.8 Å². The Kier molecular flexibility index (Phi) is 5.72. The summed E-state index contributed by atoms with van der Waals surface area (Å²) in [6.07, 6.45) is 1.26. The molecule has 0 aliphatic carbocycles. The van der Waals surface area contributed by atoms with E-state index in [-0.39, 0.29) is 18.4 Å². The molecule has 4 N–H and O–H groups in total. The van der Waals surface area contributed by atoms with E-state index >= 15 is 0 Å². The predicted octanol–water partition coefficient (Wildman–Crippen LogP) is 0.249. The van der Waals surface area contributed by atoms with Crippen LogP contribution in [0.2, 0.25) is 0 Å². The quantitative estimate of drug-likeness (QED) is 0.578. The van der Waals surface area contributed by atoms with Gasteiger partial charge in [0, 0.05) is 13.2 Å². The van der Waals surface area contributed by atoms with Crippen molar-refractivity contribution >= 4 is 5.91 Å². The number of nitrogens with one attached hydrogen (secondary N) is 1. The summed E-state index contributed by atoms with van der Waals surface area (Å²) in [6, 6.07) is 0. The number of rotatable bonds is 6. The second-order valence-corrected chi connectivity index (χ2v) is 3.86. The highest BCUT2D eigenvalue weighted by Crippen LogP contribution is 2.11. The average molecular weight is 202 g/mol. The molecule has 0 aromatic heterocycles. The monoisotopic (exact) mass is 202 g/mol. The van der Waals surface area contributed by atoms with Crippen LogP contribution >= 0.6 is 0 Å². The molecule has 1 unspecified atom stereocenters. The zero-order valence-electron chi connectivity index (χ0n) is 9.34. The van der Waals surface area contributed by atoms with Crippen molar-refractivity contribution in [1.29, 1.82) is 0 Å². The maximum Gasteiger partial charge on any atom is 0.240 e. The third kappa shape index (κ3) is 3.64. The number of amides is 1. The summed E-state index contributed by atoms with van der Waals surface area (Å²) in [6.45, 7) is 6.23. The van der Waals surface area contributed by atoms with E-state index in [0.717, 1.165) is 0 Å². The highest BCUT2D eigenvalue weighted by atomic mass is 16.3. The highest BCUT2D eigenvalue weighted by molar-refractivity contribution is 5.85. The lowest BCUT2D eigenvalue weighted by molar-refractivity contribution is -0.126. The molecular formula is C10H22N2O2. The van der Waals surface area contributed by atoms with Crippen LogP contribution in [-0.4, -0.2) is 29.7 Å². The molecule has 4 heteroatoms. The number of carbonyl (C=O) groups is 1. The van der Waals surface area contributed by atoms with Crippen LogP contribution in [0, 0.1) is 5.92 Å². The van der Waals surface area contributed by atoms with E-state index in [1.165, 1.54) is 0 Å². The van der Waals surface area contributed by atoms with Crippen LogP contribution in [0.15, 0.2) is 0 Å². The summed E-state index contributed by atoms with van der Waals surface area (Å²) in [4.78, 5) is 11.6.